The Morgan fingerprint density at radius 1 is 1.46 bits per heavy atom. The summed E-state index contributed by atoms with van der Waals surface area (Å²) in [6.45, 7) is 7.95. The molecule has 1 rings (SSSR count). The van der Waals surface area contributed by atoms with Gasteiger partial charge in [0.25, 0.3) is 0 Å². The number of rotatable bonds is 3. The van der Waals surface area contributed by atoms with Crippen molar-refractivity contribution >= 4 is 5.70 Å². The molecule has 1 aromatic rings. The van der Waals surface area contributed by atoms with Crippen molar-refractivity contribution < 1.29 is 0 Å². The van der Waals surface area contributed by atoms with Crippen molar-refractivity contribution in [2.75, 3.05) is 0 Å². The second-order valence-electron chi connectivity index (χ2n) is 2.81. The van der Waals surface area contributed by atoms with Crippen LogP contribution in [0.3, 0.4) is 0 Å². The van der Waals surface area contributed by atoms with Crippen LogP contribution in [0.1, 0.15) is 13.8 Å². The van der Waals surface area contributed by atoms with Gasteiger partial charge in [-0.05, 0) is 26.0 Å². The molecule has 0 saturated heterocycles. The van der Waals surface area contributed by atoms with Gasteiger partial charge in [0.2, 0.25) is 0 Å². The Labute approximate surface area is 78.9 Å². The molecule has 13 heavy (non-hydrogen) atoms. The summed E-state index contributed by atoms with van der Waals surface area (Å²) in [5.41, 5.74) is 2.08. The highest BCUT2D eigenvalue weighted by molar-refractivity contribution is 5.54. The lowest BCUT2D eigenvalue weighted by molar-refractivity contribution is 0.912. The molecule has 0 amide bonds. The molecule has 2 heteroatoms. The van der Waals surface area contributed by atoms with E-state index >= 15 is 0 Å². The summed E-state index contributed by atoms with van der Waals surface area (Å²) in [6.07, 6.45) is 9.62. The zero-order valence-electron chi connectivity index (χ0n) is 8.07. The van der Waals surface area contributed by atoms with E-state index in [1.54, 1.807) is 10.9 Å². The van der Waals surface area contributed by atoms with Gasteiger partial charge in [0, 0.05) is 12.4 Å². The molecule has 0 unspecified atom stereocenters. The minimum absolute atomic E-state index is 0.867. The molecule has 0 aliphatic carbocycles. The lowest BCUT2D eigenvalue weighted by Crippen LogP contribution is -1.92. The van der Waals surface area contributed by atoms with Crippen LogP contribution in [0.2, 0.25) is 0 Å². The summed E-state index contributed by atoms with van der Waals surface area (Å²) in [4.78, 5) is 0. The van der Waals surface area contributed by atoms with Crippen molar-refractivity contribution in [2.24, 2.45) is 0 Å². The van der Waals surface area contributed by atoms with E-state index in [2.05, 4.69) is 11.7 Å². The second kappa shape index (κ2) is 4.45. The first-order valence-corrected chi connectivity index (χ1v) is 4.24. The lowest BCUT2D eigenvalue weighted by atomic mass is 10.2. The minimum Gasteiger partial charge on any atom is -0.242 e. The van der Waals surface area contributed by atoms with Crippen molar-refractivity contribution in [1.82, 2.24) is 9.78 Å². The van der Waals surface area contributed by atoms with Gasteiger partial charge in [-0.2, -0.15) is 5.10 Å². The van der Waals surface area contributed by atoms with Crippen LogP contribution >= 0.6 is 0 Å². The van der Waals surface area contributed by atoms with Crippen LogP contribution in [0.25, 0.3) is 5.70 Å². The van der Waals surface area contributed by atoms with Crippen LogP contribution in [0.15, 0.2) is 48.8 Å². The summed E-state index contributed by atoms with van der Waals surface area (Å²) in [5, 5.41) is 4.07. The average Bonchev–Trinajstić information content (AvgIpc) is 2.66. The molecule has 0 radical (unpaired) electrons. The van der Waals surface area contributed by atoms with Gasteiger partial charge >= 0.3 is 0 Å². The van der Waals surface area contributed by atoms with Gasteiger partial charge in [-0.1, -0.05) is 24.3 Å². The molecule has 68 valence electrons. The van der Waals surface area contributed by atoms with Gasteiger partial charge in [-0.15, -0.1) is 0 Å². The zero-order chi connectivity index (χ0) is 9.68. The Morgan fingerprint density at radius 2 is 2.23 bits per heavy atom. The molecule has 1 heterocycles. The number of allylic oxidation sites excluding steroid dienone is 5. The van der Waals surface area contributed by atoms with Gasteiger partial charge in [0.15, 0.2) is 0 Å². The number of nitrogens with zero attached hydrogens (tertiary/aromatic N) is 2. The predicted molar refractivity (Wildman–Crippen MR) is 56.1 cm³/mol. The van der Waals surface area contributed by atoms with Gasteiger partial charge in [0.05, 0.1) is 5.70 Å². The molecular formula is C11H14N2. The van der Waals surface area contributed by atoms with Crippen LogP contribution in [0.5, 0.6) is 0 Å². The lowest BCUT2D eigenvalue weighted by Gasteiger charge is -1.98. The highest BCUT2D eigenvalue weighted by Gasteiger charge is 1.90. The predicted octanol–water partition coefficient (Wildman–Crippen LogP) is 2.88. The first-order chi connectivity index (χ1) is 6.24. The van der Waals surface area contributed by atoms with Crippen molar-refractivity contribution in [3.05, 3.63) is 48.8 Å². The highest BCUT2D eigenvalue weighted by atomic mass is 15.3. The van der Waals surface area contributed by atoms with Crippen molar-refractivity contribution in [3.8, 4) is 0 Å². The normalized spacial score (nSPS) is 12.3. The summed E-state index contributed by atoms with van der Waals surface area (Å²) in [6, 6.07) is 1.88. The fourth-order valence-electron chi connectivity index (χ4n) is 0.839. The summed E-state index contributed by atoms with van der Waals surface area (Å²) >= 11 is 0. The van der Waals surface area contributed by atoms with Gasteiger partial charge < -0.3 is 0 Å². The van der Waals surface area contributed by atoms with E-state index in [4.69, 9.17) is 0 Å². The van der Waals surface area contributed by atoms with E-state index in [1.165, 1.54) is 5.57 Å². The van der Waals surface area contributed by atoms with E-state index in [0.717, 1.165) is 5.70 Å². The topological polar surface area (TPSA) is 17.8 Å². The summed E-state index contributed by atoms with van der Waals surface area (Å²) in [7, 11) is 0. The Kier molecular flexibility index (Phi) is 3.26. The molecule has 0 aromatic carbocycles. The first kappa shape index (κ1) is 9.52. The summed E-state index contributed by atoms with van der Waals surface area (Å²) in [5.74, 6) is 0. The molecule has 0 fully saturated rings. The molecule has 0 bridgehead atoms. The molecule has 0 saturated carbocycles. The maximum atomic E-state index is 4.07. The SMILES string of the molecule is C=C(/C=C\C(C)=C/C)n1cccn1. The molecule has 0 spiro atoms. The van der Waals surface area contributed by atoms with E-state index in [0.29, 0.717) is 0 Å². The van der Waals surface area contributed by atoms with Crippen LogP contribution in [-0.4, -0.2) is 9.78 Å². The van der Waals surface area contributed by atoms with Crippen LogP contribution in [0, 0.1) is 0 Å². The maximum Gasteiger partial charge on any atom is 0.0573 e. The van der Waals surface area contributed by atoms with Crippen molar-refractivity contribution in [1.29, 1.82) is 0 Å². The number of hydrogen-bond acceptors (Lipinski definition) is 1. The van der Waals surface area contributed by atoms with E-state index < -0.39 is 0 Å². The van der Waals surface area contributed by atoms with Crippen LogP contribution < -0.4 is 0 Å². The quantitative estimate of drug-likeness (QED) is 0.644. The van der Waals surface area contributed by atoms with Gasteiger partial charge in [-0.3, -0.25) is 0 Å². The van der Waals surface area contributed by atoms with Gasteiger partial charge in [0.1, 0.15) is 0 Å². The minimum atomic E-state index is 0.867. The number of hydrogen-bond donors (Lipinski definition) is 0. The van der Waals surface area contributed by atoms with Gasteiger partial charge in [-0.25, -0.2) is 4.68 Å². The smallest absolute Gasteiger partial charge is 0.0573 e. The third kappa shape index (κ3) is 2.75. The molecular weight excluding hydrogens is 160 g/mol. The average molecular weight is 174 g/mol. The Bertz CT molecular complexity index is 329. The Balaban J connectivity index is 2.67. The molecule has 0 aliphatic heterocycles. The largest absolute Gasteiger partial charge is 0.242 e. The standard InChI is InChI=1S/C11H14N2/c1-4-10(2)6-7-11(3)13-9-5-8-12-13/h4-9H,3H2,1-2H3/b7-6-,10-4-. The number of aromatic nitrogens is 2. The third-order valence-electron chi connectivity index (χ3n) is 1.79. The highest BCUT2D eigenvalue weighted by Crippen LogP contribution is 2.03. The van der Waals surface area contributed by atoms with E-state index in [1.807, 2.05) is 44.3 Å². The molecule has 0 atom stereocenters. The third-order valence-corrected chi connectivity index (χ3v) is 1.79. The van der Waals surface area contributed by atoms with Crippen molar-refractivity contribution in [3.63, 3.8) is 0 Å². The first-order valence-electron chi connectivity index (χ1n) is 4.24. The Morgan fingerprint density at radius 3 is 2.77 bits per heavy atom. The van der Waals surface area contributed by atoms with Crippen LogP contribution in [0.4, 0.5) is 0 Å². The van der Waals surface area contributed by atoms with E-state index in [-0.39, 0.29) is 0 Å². The maximum absolute atomic E-state index is 4.07. The molecule has 2 nitrogen and oxygen atoms in total. The molecule has 0 aliphatic rings. The van der Waals surface area contributed by atoms with Crippen molar-refractivity contribution in [2.45, 2.75) is 13.8 Å². The second-order valence-corrected chi connectivity index (χ2v) is 2.81. The van der Waals surface area contributed by atoms with Crippen LogP contribution in [-0.2, 0) is 0 Å². The molecule has 0 N–H and O–H groups in total. The molecule has 1 aromatic heterocycles. The fraction of sp³-hybridized carbons (Fsp3) is 0.182. The van der Waals surface area contributed by atoms with E-state index in [9.17, 15) is 0 Å². The fourth-order valence-corrected chi connectivity index (χ4v) is 0.839. The summed E-state index contributed by atoms with van der Waals surface area (Å²) < 4.78 is 1.74. The Hall–Kier alpha value is -1.57. The zero-order valence-corrected chi connectivity index (χ0v) is 8.07. The monoisotopic (exact) mass is 174 g/mol.